The Morgan fingerprint density at radius 1 is 1.59 bits per heavy atom. The molecule has 0 radical (unpaired) electrons. The van der Waals surface area contributed by atoms with E-state index in [9.17, 15) is 14.7 Å². The number of carbonyl (C=O) groups excluding carboxylic acids is 1. The lowest BCUT2D eigenvalue weighted by molar-refractivity contribution is -0.140. The summed E-state index contributed by atoms with van der Waals surface area (Å²) in [6.45, 7) is 4.64. The molecule has 5 heteroatoms. The van der Waals surface area contributed by atoms with Crippen LogP contribution in [-0.2, 0) is 9.53 Å². The molecular weight excluding hydrogens is 222 g/mol. The van der Waals surface area contributed by atoms with Crippen molar-refractivity contribution in [3.05, 3.63) is 0 Å². The van der Waals surface area contributed by atoms with Gasteiger partial charge in [-0.15, -0.1) is 0 Å². The van der Waals surface area contributed by atoms with E-state index in [0.29, 0.717) is 0 Å². The fourth-order valence-corrected chi connectivity index (χ4v) is 1.11. The summed E-state index contributed by atoms with van der Waals surface area (Å²) >= 11 is 0. The highest BCUT2D eigenvalue weighted by atomic mass is 16.6. The maximum atomic E-state index is 11.7. The molecule has 1 rings (SSSR count). The molecule has 17 heavy (non-hydrogen) atoms. The van der Waals surface area contributed by atoms with Gasteiger partial charge in [-0.25, -0.2) is 9.59 Å². The van der Waals surface area contributed by atoms with Gasteiger partial charge in [0, 0.05) is 9.60 Å². The van der Waals surface area contributed by atoms with E-state index in [1.807, 2.05) is 5.32 Å². The van der Waals surface area contributed by atoms with E-state index >= 15 is 0 Å². The van der Waals surface area contributed by atoms with Gasteiger partial charge in [0.1, 0.15) is 11.6 Å². The molecule has 0 aromatic rings. The Kier molecular flexibility index (Phi) is 2.09. The molecule has 98 valence electrons. The Morgan fingerprint density at radius 3 is 2.65 bits per heavy atom. The van der Waals surface area contributed by atoms with Crippen LogP contribution in [0.25, 0.3) is 0 Å². The maximum Gasteiger partial charge on any atom is 0.408 e. The number of ether oxygens (including phenoxy) is 1. The normalized spacial score (nSPS) is 34.9. The highest BCUT2D eigenvalue weighted by molar-refractivity contribution is 5.80. The molecule has 2 N–H and O–H groups in total. The van der Waals surface area contributed by atoms with Gasteiger partial charge in [0.2, 0.25) is 0 Å². The van der Waals surface area contributed by atoms with Crippen molar-refractivity contribution in [1.29, 1.82) is 0 Å². The molecule has 5 nitrogen and oxygen atoms in total. The lowest BCUT2D eigenvalue weighted by atomic mass is 9.81. The molecule has 0 bridgehead atoms. The van der Waals surface area contributed by atoms with E-state index in [1.165, 1.54) is 0 Å². The number of aliphatic carboxylic acids is 1. The van der Waals surface area contributed by atoms with Crippen LogP contribution in [0.5, 0.6) is 0 Å². The molecule has 1 fully saturated rings. The van der Waals surface area contributed by atoms with E-state index in [1.54, 1.807) is 20.8 Å². The van der Waals surface area contributed by atoms with Gasteiger partial charge < -0.3 is 15.2 Å². The van der Waals surface area contributed by atoms with Crippen molar-refractivity contribution in [2.75, 3.05) is 0 Å². The molecule has 0 aromatic heterocycles. The lowest BCUT2D eigenvalue weighted by Gasteiger charge is -2.29. The molecule has 1 unspecified atom stereocenters. The fraction of sp³-hybridized carbons (Fsp3) is 0.833. The van der Waals surface area contributed by atoms with Crippen molar-refractivity contribution in [3.8, 4) is 0 Å². The minimum atomic E-state index is -2.96. The lowest BCUT2D eigenvalue weighted by Crippen LogP contribution is -2.45. The van der Waals surface area contributed by atoms with Gasteiger partial charge >= 0.3 is 12.1 Å². The predicted molar refractivity (Wildman–Crippen MR) is 62.8 cm³/mol. The number of hydrogen-bond donors (Lipinski definition) is 2. The summed E-state index contributed by atoms with van der Waals surface area (Å²) in [6, 6.07) is -1.81. The molecule has 0 aliphatic heterocycles. The van der Waals surface area contributed by atoms with Crippen molar-refractivity contribution in [2.24, 2.45) is 5.89 Å². The van der Waals surface area contributed by atoms with Gasteiger partial charge in [0.05, 0.1) is 0 Å². The quantitative estimate of drug-likeness (QED) is 0.801. The molecule has 1 aliphatic rings. The van der Waals surface area contributed by atoms with Crippen LogP contribution in [0, 0.1) is 5.89 Å². The summed E-state index contributed by atoms with van der Waals surface area (Å²) in [5, 5.41) is 11.1. The Bertz CT molecular complexity index is 526. The third kappa shape index (κ3) is 5.06. The van der Waals surface area contributed by atoms with Gasteiger partial charge in [0.15, 0.2) is 0 Å². The molecule has 0 aromatic carbocycles. The maximum absolute atomic E-state index is 11.7. The Labute approximate surface area is 111 Å². The summed E-state index contributed by atoms with van der Waals surface area (Å²) in [4.78, 5) is 23.0. The molecular formula is C12H21NO4. The van der Waals surface area contributed by atoms with Crippen LogP contribution in [0.4, 0.5) is 4.79 Å². The second kappa shape index (κ2) is 5.38. The summed E-state index contributed by atoms with van der Waals surface area (Å²) in [5.41, 5.74) is -0.914. The molecule has 1 atom stereocenters. The standard InChI is InChI=1S/C12H21NO4/c1-12(2,3)17-11(16)13-9(10(14)15)7-8-5-4-6-8/h8-9H,4-7H2,1-3H3,(H,13,16)(H,14,15)/i4D2,5D2,6D2,8D. The summed E-state index contributed by atoms with van der Waals surface area (Å²) in [7, 11) is 0. The van der Waals surface area contributed by atoms with E-state index in [2.05, 4.69) is 0 Å². The first-order valence-corrected chi connectivity index (χ1v) is 5.13. The van der Waals surface area contributed by atoms with Crippen LogP contribution in [0.15, 0.2) is 0 Å². The summed E-state index contributed by atoms with van der Waals surface area (Å²) in [5.74, 6) is -4.30. The Balaban J connectivity index is 3.02. The number of carboxylic acids is 1. The molecule has 1 saturated carbocycles. The second-order valence-electron chi connectivity index (χ2n) is 4.59. The van der Waals surface area contributed by atoms with Crippen LogP contribution in [0.3, 0.4) is 0 Å². The van der Waals surface area contributed by atoms with Crippen molar-refractivity contribution in [1.82, 2.24) is 5.32 Å². The third-order valence-electron chi connectivity index (χ3n) is 1.82. The SMILES string of the molecule is [2H]C1([2H])C([2H])([2H])C([2H])(CC(NC(=O)OC(C)(C)C)C(=O)O)C1([2H])[2H]. The van der Waals surface area contributed by atoms with Crippen molar-refractivity contribution < 1.29 is 29.0 Å². The van der Waals surface area contributed by atoms with Crippen LogP contribution in [-0.4, -0.2) is 28.8 Å². The minimum absolute atomic E-state index is 0.914. The monoisotopic (exact) mass is 250 g/mol. The summed E-state index contributed by atoms with van der Waals surface area (Å²) in [6.07, 6.45) is -10.9. The minimum Gasteiger partial charge on any atom is -0.480 e. The van der Waals surface area contributed by atoms with Crippen molar-refractivity contribution >= 4 is 12.1 Å². The van der Waals surface area contributed by atoms with E-state index in [-0.39, 0.29) is 0 Å². The zero-order chi connectivity index (χ0) is 19.4. The number of carbonyl (C=O) groups is 2. The largest absolute Gasteiger partial charge is 0.480 e. The van der Waals surface area contributed by atoms with Crippen molar-refractivity contribution in [2.45, 2.75) is 58.0 Å². The summed E-state index contributed by atoms with van der Waals surface area (Å²) < 4.78 is 58.5. The highest BCUT2D eigenvalue weighted by Crippen LogP contribution is 2.30. The van der Waals surface area contributed by atoms with E-state index < -0.39 is 55.1 Å². The van der Waals surface area contributed by atoms with Gasteiger partial charge in [0.25, 0.3) is 0 Å². The van der Waals surface area contributed by atoms with E-state index in [0.717, 1.165) is 0 Å². The number of hydrogen-bond acceptors (Lipinski definition) is 3. The molecule has 1 amide bonds. The number of carboxylic acid groups (broad SMARTS) is 1. The third-order valence-corrected chi connectivity index (χ3v) is 1.82. The topological polar surface area (TPSA) is 75.6 Å². The molecule has 1 aliphatic carbocycles. The molecule has 0 spiro atoms. The average Bonchev–Trinajstić information content (AvgIpc) is 2.33. The second-order valence-corrected chi connectivity index (χ2v) is 4.59. The van der Waals surface area contributed by atoms with Crippen LogP contribution < -0.4 is 5.32 Å². The van der Waals surface area contributed by atoms with Gasteiger partial charge in [-0.05, 0) is 33.1 Å². The van der Waals surface area contributed by atoms with Gasteiger partial charge in [-0.1, -0.05) is 19.1 Å². The fourth-order valence-electron chi connectivity index (χ4n) is 1.11. The Hall–Kier alpha value is -1.26. The van der Waals surface area contributed by atoms with Crippen LogP contribution in [0.2, 0.25) is 0 Å². The zero-order valence-corrected chi connectivity index (χ0v) is 9.96. The Morgan fingerprint density at radius 2 is 2.18 bits per heavy atom. The first-order chi connectivity index (χ1) is 10.4. The molecule has 0 saturated heterocycles. The highest BCUT2D eigenvalue weighted by Gasteiger charge is 2.29. The molecule has 0 heterocycles. The predicted octanol–water partition coefficient (Wildman–Crippen LogP) is 2.15. The van der Waals surface area contributed by atoms with Gasteiger partial charge in [-0.3, -0.25) is 0 Å². The smallest absolute Gasteiger partial charge is 0.408 e. The van der Waals surface area contributed by atoms with Gasteiger partial charge in [-0.2, -0.15) is 0 Å². The van der Waals surface area contributed by atoms with Crippen LogP contribution >= 0.6 is 0 Å². The zero-order valence-electron chi connectivity index (χ0n) is 17.0. The van der Waals surface area contributed by atoms with Crippen LogP contribution in [0.1, 0.15) is 55.9 Å². The average molecular weight is 250 g/mol. The first-order valence-electron chi connectivity index (χ1n) is 8.63. The number of nitrogens with one attached hydrogen (secondary N) is 1. The van der Waals surface area contributed by atoms with Crippen molar-refractivity contribution in [3.63, 3.8) is 0 Å². The number of amides is 1. The number of rotatable bonds is 4. The van der Waals surface area contributed by atoms with E-state index in [4.69, 9.17) is 14.3 Å². The first kappa shape index (κ1) is 6.61. The number of alkyl carbamates (subject to hydrolysis) is 1.